The molecule has 2 aliphatic rings. The molecule has 1 aliphatic carbocycles. The van der Waals surface area contributed by atoms with Gasteiger partial charge in [-0.15, -0.1) is 0 Å². The minimum absolute atomic E-state index is 0.0400. The molecule has 0 atom stereocenters. The zero-order valence-electron chi connectivity index (χ0n) is 19.7. The largest absolute Gasteiger partial charge is 0.488 e. The molecule has 1 saturated carbocycles. The zero-order chi connectivity index (χ0) is 23.5. The molecule has 2 heterocycles. The van der Waals surface area contributed by atoms with Crippen LogP contribution in [0.2, 0.25) is 0 Å². The predicted octanol–water partition coefficient (Wildman–Crippen LogP) is 6.38. The zero-order valence-corrected chi connectivity index (χ0v) is 20.5. The van der Waals surface area contributed by atoms with Crippen LogP contribution in [0, 0.1) is 12.7 Å². The molecule has 5 rings (SSSR count). The van der Waals surface area contributed by atoms with E-state index in [0.29, 0.717) is 17.3 Å². The summed E-state index contributed by atoms with van der Waals surface area (Å²) in [6.45, 7) is 2.06. The third-order valence-corrected chi connectivity index (χ3v) is 8.60. The fraction of sp³-hybridized carbons (Fsp3) is 0.462. The van der Waals surface area contributed by atoms with E-state index in [1.165, 1.54) is 36.5 Å². The number of halogens is 1. The first-order valence-corrected chi connectivity index (χ1v) is 13.5. The fourth-order valence-electron chi connectivity index (χ4n) is 4.79. The topological polar surface area (TPSA) is 68.6 Å². The van der Waals surface area contributed by atoms with Crippen molar-refractivity contribution in [2.24, 2.45) is 4.36 Å². The molecule has 1 N–H and O–H groups in total. The minimum atomic E-state index is -0.325. The predicted molar refractivity (Wildman–Crippen MR) is 136 cm³/mol. The summed E-state index contributed by atoms with van der Waals surface area (Å²) in [5, 5.41) is 4.33. The van der Waals surface area contributed by atoms with Crippen molar-refractivity contribution in [3.63, 3.8) is 0 Å². The molecule has 0 spiro atoms. The Balaban J connectivity index is 1.42. The summed E-state index contributed by atoms with van der Waals surface area (Å²) >= 11 is 0. The molecule has 6 nitrogen and oxygen atoms in total. The van der Waals surface area contributed by atoms with Gasteiger partial charge in [0.1, 0.15) is 23.7 Å². The third-order valence-electron chi connectivity index (χ3n) is 6.61. The SMILES string of the molecule is COC1CCC(Oc2cc(F)ccc2Nc2ncnc3cc(N=S4CCCC4)cc(C)c23)CC1. The van der Waals surface area contributed by atoms with E-state index in [1.807, 2.05) is 6.07 Å². The Morgan fingerprint density at radius 3 is 2.56 bits per heavy atom. The molecule has 3 aromatic rings. The van der Waals surface area contributed by atoms with E-state index in [0.717, 1.165) is 47.8 Å². The molecule has 180 valence electrons. The number of aromatic nitrogens is 2. The van der Waals surface area contributed by atoms with Crippen molar-refractivity contribution in [2.75, 3.05) is 23.9 Å². The van der Waals surface area contributed by atoms with Crippen LogP contribution in [0.3, 0.4) is 0 Å². The lowest BCUT2D eigenvalue weighted by molar-refractivity contribution is 0.0329. The summed E-state index contributed by atoms with van der Waals surface area (Å²) in [5.74, 6) is 3.23. The molecule has 2 fully saturated rings. The molecule has 34 heavy (non-hydrogen) atoms. The Morgan fingerprint density at radius 1 is 1.03 bits per heavy atom. The molecule has 1 aromatic heterocycles. The first-order valence-electron chi connectivity index (χ1n) is 12.0. The van der Waals surface area contributed by atoms with Gasteiger partial charge in [0, 0.05) is 30.1 Å². The smallest absolute Gasteiger partial charge is 0.146 e. The number of hydrogen-bond acceptors (Lipinski definition) is 6. The Kier molecular flexibility index (Phi) is 7.06. The van der Waals surface area contributed by atoms with Crippen molar-refractivity contribution in [3.8, 4) is 5.75 Å². The third kappa shape index (κ3) is 5.23. The van der Waals surface area contributed by atoms with Gasteiger partial charge in [-0.2, -0.15) is 0 Å². The van der Waals surface area contributed by atoms with Gasteiger partial charge in [-0.1, -0.05) is 10.7 Å². The number of ether oxygens (including phenoxy) is 2. The first kappa shape index (κ1) is 23.2. The second kappa shape index (κ2) is 10.4. The molecular weight excluding hydrogens is 451 g/mol. The van der Waals surface area contributed by atoms with Crippen molar-refractivity contribution in [3.05, 3.63) is 48.0 Å². The van der Waals surface area contributed by atoms with Crippen LogP contribution in [0.15, 0.2) is 41.0 Å². The highest BCUT2D eigenvalue weighted by atomic mass is 32.2. The average molecular weight is 483 g/mol. The number of nitrogens with one attached hydrogen (secondary N) is 1. The molecule has 1 saturated heterocycles. The van der Waals surface area contributed by atoms with E-state index in [4.69, 9.17) is 13.8 Å². The maximum atomic E-state index is 14.1. The number of nitrogens with zero attached hydrogens (tertiary/aromatic N) is 3. The van der Waals surface area contributed by atoms with Gasteiger partial charge < -0.3 is 14.8 Å². The quantitative estimate of drug-likeness (QED) is 0.441. The monoisotopic (exact) mass is 482 g/mol. The standard InChI is InChI=1S/C26H31FN4O2S/c1-17-13-19(31-34-11-3-4-12-34)15-23-25(17)26(29-16-28-23)30-22-10-5-18(27)14-24(22)33-21-8-6-20(32-2)7-9-21/h5,10,13-16,20-21H,3-4,6-9,11-12H2,1-2H3,(H,28,29,30). The van der Waals surface area contributed by atoms with Gasteiger partial charge in [-0.3, -0.25) is 0 Å². The number of methoxy groups -OCH3 is 1. The van der Waals surface area contributed by atoms with E-state index in [9.17, 15) is 4.39 Å². The van der Waals surface area contributed by atoms with Gasteiger partial charge in [0.2, 0.25) is 0 Å². The van der Waals surface area contributed by atoms with Gasteiger partial charge >= 0.3 is 0 Å². The summed E-state index contributed by atoms with van der Waals surface area (Å²) in [4.78, 5) is 9.02. The van der Waals surface area contributed by atoms with E-state index < -0.39 is 0 Å². The van der Waals surface area contributed by atoms with Crippen LogP contribution in [0.5, 0.6) is 5.75 Å². The fourth-order valence-corrected chi connectivity index (χ4v) is 6.66. The van der Waals surface area contributed by atoms with E-state index in [-0.39, 0.29) is 28.7 Å². The van der Waals surface area contributed by atoms with Crippen LogP contribution < -0.4 is 10.1 Å². The average Bonchev–Trinajstić information content (AvgIpc) is 3.34. The Hall–Kier alpha value is -2.58. The van der Waals surface area contributed by atoms with Crippen LogP contribution in [-0.4, -0.2) is 40.8 Å². The van der Waals surface area contributed by atoms with Gasteiger partial charge in [-0.25, -0.2) is 18.7 Å². The van der Waals surface area contributed by atoms with Crippen molar-refractivity contribution in [1.29, 1.82) is 0 Å². The normalized spacial score (nSPS) is 21.0. The molecule has 0 amide bonds. The number of benzene rings is 2. The first-order chi connectivity index (χ1) is 16.6. The number of fused-ring (bicyclic) bond motifs is 1. The molecule has 8 heteroatoms. The van der Waals surface area contributed by atoms with E-state index in [2.05, 4.69) is 28.3 Å². The molecule has 0 unspecified atom stereocenters. The molecule has 0 bridgehead atoms. The highest BCUT2D eigenvalue weighted by molar-refractivity contribution is 7.87. The molecular formula is C26H31FN4O2S. The minimum Gasteiger partial charge on any atom is -0.488 e. The molecule has 2 aromatic carbocycles. The Bertz CT molecular complexity index is 1200. The van der Waals surface area contributed by atoms with E-state index >= 15 is 0 Å². The maximum absolute atomic E-state index is 14.1. The second-order valence-corrected chi connectivity index (χ2v) is 11.0. The van der Waals surface area contributed by atoms with Gasteiger partial charge in [0.05, 0.1) is 29.1 Å². The summed E-state index contributed by atoms with van der Waals surface area (Å²) in [5.41, 5.74) is 3.58. The second-order valence-electron chi connectivity index (χ2n) is 9.07. The molecule has 1 aliphatic heterocycles. The van der Waals surface area contributed by atoms with Crippen LogP contribution in [0.1, 0.15) is 44.1 Å². The Labute approximate surface area is 202 Å². The van der Waals surface area contributed by atoms with Crippen molar-refractivity contribution in [1.82, 2.24) is 9.97 Å². The highest BCUT2D eigenvalue weighted by Gasteiger charge is 2.23. The summed E-state index contributed by atoms with van der Waals surface area (Å²) in [6, 6.07) is 8.74. The number of hydrogen-bond donors (Lipinski definition) is 1. The van der Waals surface area contributed by atoms with Crippen LogP contribution in [0.25, 0.3) is 10.9 Å². The Morgan fingerprint density at radius 2 is 1.79 bits per heavy atom. The van der Waals surface area contributed by atoms with Gasteiger partial charge in [0.15, 0.2) is 0 Å². The van der Waals surface area contributed by atoms with Crippen molar-refractivity contribution < 1.29 is 13.9 Å². The lowest BCUT2D eigenvalue weighted by Crippen LogP contribution is -2.27. The summed E-state index contributed by atoms with van der Waals surface area (Å²) in [7, 11) is 1.88. The van der Waals surface area contributed by atoms with Crippen molar-refractivity contribution in [2.45, 2.75) is 57.7 Å². The number of anilines is 2. The van der Waals surface area contributed by atoms with Crippen LogP contribution in [-0.2, 0) is 15.4 Å². The number of rotatable bonds is 6. The lowest BCUT2D eigenvalue weighted by Gasteiger charge is -2.28. The number of aryl methyl sites for hydroxylation is 1. The van der Waals surface area contributed by atoms with Crippen LogP contribution >= 0.6 is 0 Å². The maximum Gasteiger partial charge on any atom is 0.146 e. The van der Waals surface area contributed by atoms with Gasteiger partial charge in [0.25, 0.3) is 0 Å². The highest BCUT2D eigenvalue weighted by Crippen LogP contribution is 2.35. The molecule has 0 radical (unpaired) electrons. The summed E-state index contributed by atoms with van der Waals surface area (Å²) in [6.07, 6.45) is 8.09. The lowest BCUT2D eigenvalue weighted by atomic mass is 9.95. The van der Waals surface area contributed by atoms with Gasteiger partial charge in [-0.05, 0) is 75.3 Å². The van der Waals surface area contributed by atoms with E-state index in [1.54, 1.807) is 19.5 Å². The van der Waals surface area contributed by atoms with Crippen LogP contribution in [0.4, 0.5) is 21.6 Å². The summed E-state index contributed by atoms with van der Waals surface area (Å²) < 4.78 is 30.8. The van der Waals surface area contributed by atoms with Crippen molar-refractivity contribution >= 4 is 38.8 Å².